The largest absolute Gasteiger partial charge is 0.368 e. The molecule has 1 amide bonds. The van der Waals surface area contributed by atoms with E-state index in [1.54, 1.807) is 17.1 Å². The molecular weight excluding hydrogens is 404 g/mol. The van der Waals surface area contributed by atoms with Gasteiger partial charge >= 0.3 is 0 Å². The number of halogens is 1. The molecule has 2 heterocycles. The number of nitrogens with zero attached hydrogens (tertiary/aromatic N) is 4. The third-order valence-corrected chi connectivity index (χ3v) is 5.47. The summed E-state index contributed by atoms with van der Waals surface area (Å²) < 4.78 is 2.75. The lowest BCUT2D eigenvalue weighted by Crippen LogP contribution is -2.48. The third-order valence-electron chi connectivity index (χ3n) is 4.94. The number of para-hydroxylation sites is 1. The molecule has 0 bridgehead atoms. The van der Waals surface area contributed by atoms with Crippen molar-refractivity contribution in [1.82, 2.24) is 14.7 Å². The van der Waals surface area contributed by atoms with Crippen LogP contribution in [0, 0.1) is 6.92 Å². The van der Waals surface area contributed by atoms with E-state index in [9.17, 15) is 4.79 Å². The fourth-order valence-corrected chi connectivity index (χ4v) is 3.68. The second-order valence-corrected chi connectivity index (χ2v) is 7.63. The molecule has 1 aliphatic heterocycles. The predicted molar refractivity (Wildman–Crippen MR) is 111 cm³/mol. The number of aromatic nitrogens is 2. The Hall–Kier alpha value is -2.60. The first-order chi connectivity index (χ1) is 13.1. The number of aryl methyl sites for hydroxylation is 1. The van der Waals surface area contributed by atoms with Gasteiger partial charge in [-0.3, -0.25) is 4.79 Å². The summed E-state index contributed by atoms with van der Waals surface area (Å²) in [4.78, 5) is 17.1. The highest BCUT2D eigenvalue weighted by Gasteiger charge is 2.23. The molecule has 1 aliphatic rings. The topological polar surface area (TPSA) is 41.4 Å². The Morgan fingerprint density at radius 1 is 1.00 bits per heavy atom. The second-order valence-electron chi connectivity index (χ2n) is 6.72. The maximum Gasteiger partial charge on any atom is 0.257 e. The van der Waals surface area contributed by atoms with Crippen LogP contribution in [0.15, 0.2) is 65.4 Å². The minimum Gasteiger partial charge on any atom is -0.368 e. The minimum absolute atomic E-state index is 0.0443. The average molecular weight is 425 g/mol. The minimum atomic E-state index is 0.0443. The molecule has 1 aromatic heterocycles. The number of carbonyl (C=O) groups is 1. The first kappa shape index (κ1) is 17.8. The first-order valence-corrected chi connectivity index (χ1v) is 9.81. The van der Waals surface area contributed by atoms with Crippen molar-refractivity contribution in [3.05, 3.63) is 76.5 Å². The van der Waals surface area contributed by atoms with Gasteiger partial charge < -0.3 is 9.80 Å². The van der Waals surface area contributed by atoms with Crippen LogP contribution in [0.2, 0.25) is 0 Å². The van der Waals surface area contributed by atoms with Crippen molar-refractivity contribution in [1.29, 1.82) is 0 Å². The van der Waals surface area contributed by atoms with Crippen LogP contribution >= 0.6 is 15.9 Å². The summed E-state index contributed by atoms with van der Waals surface area (Å²) in [6.45, 7) is 5.26. The fourth-order valence-electron chi connectivity index (χ4n) is 3.42. The van der Waals surface area contributed by atoms with Crippen LogP contribution in [0.4, 0.5) is 5.69 Å². The molecule has 0 spiro atoms. The van der Waals surface area contributed by atoms with Crippen LogP contribution in [0.3, 0.4) is 0 Å². The summed E-state index contributed by atoms with van der Waals surface area (Å²) in [5.41, 5.74) is 4.09. The Morgan fingerprint density at radius 3 is 2.41 bits per heavy atom. The summed E-state index contributed by atoms with van der Waals surface area (Å²) in [5, 5.41) is 4.35. The van der Waals surface area contributed by atoms with E-state index < -0.39 is 0 Å². The smallest absolute Gasteiger partial charge is 0.257 e. The number of anilines is 1. The van der Waals surface area contributed by atoms with Gasteiger partial charge in [0, 0.05) is 42.5 Å². The molecule has 0 saturated carbocycles. The Labute approximate surface area is 167 Å². The number of hydrogen-bond acceptors (Lipinski definition) is 3. The Balaban J connectivity index is 1.43. The van der Waals surface area contributed by atoms with E-state index >= 15 is 0 Å². The van der Waals surface area contributed by atoms with E-state index in [-0.39, 0.29) is 5.91 Å². The van der Waals surface area contributed by atoms with Gasteiger partial charge in [-0.05, 0) is 42.8 Å². The van der Waals surface area contributed by atoms with E-state index in [0.29, 0.717) is 5.56 Å². The Bertz CT molecular complexity index is 943. The fraction of sp³-hybridized carbons (Fsp3) is 0.238. The van der Waals surface area contributed by atoms with Crippen LogP contribution in [-0.2, 0) is 0 Å². The molecule has 0 atom stereocenters. The summed E-state index contributed by atoms with van der Waals surface area (Å²) >= 11 is 3.43. The van der Waals surface area contributed by atoms with E-state index in [0.717, 1.165) is 36.3 Å². The van der Waals surface area contributed by atoms with Crippen molar-refractivity contribution >= 4 is 27.5 Å². The molecule has 27 heavy (non-hydrogen) atoms. The molecule has 1 fully saturated rings. The van der Waals surface area contributed by atoms with Crippen LogP contribution in [0.1, 0.15) is 15.9 Å². The lowest BCUT2D eigenvalue weighted by Gasteiger charge is -2.36. The summed E-state index contributed by atoms with van der Waals surface area (Å²) in [5.74, 6) is 0.0443. The van der Waals surface area contributed by atoms with Gasteiger partial charge in [0.2, 0.25) is 0 Å². The van der Waals surface area contributed by atoms with E-state index in [4.69, 9.17) is 0 Å². The van der Waals surface area contributed by atoms with Crippen LogP contribution in [0.5, 0.6) is 0 Å². The van der Waals surface area contributed by atoms with Gasteiger partial charge in [-0.2, -0.15) is 5.10 Å². The molecule has 0 aliphatic carbocycles. The second kappa shape index (κ2) is 7.56. The summed E-state index contributed by atoms with van der Waals surface area (Å²) in [7, 11) is 0. The van der Waals surface area contributed by atoms with Crippen LogP contribution in [0.25, 0.3) is 5.69 Å². The van der Waals surface area contributed by atoms with E-state index in [1.165, 1.54) is 11.3 Å². The van der Waals surface area contributed by atoms with Crippen LogP contribution in [-0.4, -0.2) is 46.8 Å². The lowest BCUT2D eigenvalue weighted by atomic mass is 10.1. The van der Waals surface area contributed by atoms with Gasteiger partial charge in [-0.15, -0.1) is 0 Å². The normalized spacial score (nSPS) is 14.4. The number of amides is 1. The van der Waals surface area contributed by atoms with Crippen molar-refractivity contribution in [2.24, 2.45) is 0 Å². The molecule has 3 aromatic rings. The quantitative estimate of drug-likeness (QED) is 0.639. The average Bonchev–Trinajstić information content (AvgIpc) is 3.19. The number of benzene rings is 2. The van der Waals surface area contributed by atoms with Crippen molar-refractivity contribution < 1.29 is 4.79 Å². The standard InChI is InChI=1S/C21H21BrN4O/c1-16-4-2-3-5-20(16)24-10-12-25(13-11-24)21(27)17-14-23-26(15-17)19-8-6-18(22)7-9-19/h2-9,14-15H,10-13H2,1H3. The maximum atomic E-state index is 12.9. The molecule has 5 nitrogen and oxygen atoms in total. The van der Waals surface area contributed by atoms with Gasteiger partial charge in [-0.25, -0.2) is 4.68 Å². The zero-order valence-corrected chi connectivity index (χ0v) is 16.8. The van der Waals surface area contributed by atoms with Crippen LogP contribution < -0.4 is 4.90 Å². The molecule has 0 radical (unpaired) electrons. The first-order valence-electron chi connectivity index (χ1n) is 9.02. The molecule has 1 saturated heterocycles. The molecule has 4 rings (SSSR count). The molecule has 0 unspecified atom stereocenters. The molecular formula is C21H21BrN4O. The van der Waals surface area contributed by atoms with E-state index in [2.05, 4.69) is 57.1 Å². The highest BCUT2D eigenvalue weighted by atomic mass is 79.9. The van der Waals surface area contributed by atoms with Gasteiger partial charge in [-0.1, -0.05) is 34.1 Å². The van der Waals surface area contributed by atoms with Gasteiger partial charge in [0.25, 0.3) is 5.91 Å². The zero-order valence-electron chi connectivity index (χ0n) is 15.2. The molecule has 0 N–H and O–H groups in total. The van der Waals surface area contributed by atoms with Crippen molar-refractivity contribution in [3.8, 4) is 5.69 Å². The predicted octanol–water partition coefficient (Wildman–Crippen LogP) is 3.91. The SMILES string of the molecule is Cc1ccccc1N1CCN(C(=O)c2cnn(-c3ccc(Br)cc3)c2)CC1. The number of piperazine rings is 1. The summed E-state index contributed by atoms with van der Waals surface area (Å²) in [6, 6.07) is 16.3. The molecule has 2 aromatic carbocycles. The highest BCUT2D eigenvalue weighted by Crippen LogP contribution is 2.21. The van der Waals surface area contributed by atoms with Crippen molar-refractivity contribution in [2.75, 3.05) is 31.1 Å². The monoisotopic (exact) mass is 424 g/mol. The summed E-state index contributed by atoms with van der Waals surface area (Å²) in [6.07, 6.45) is 3.46. The third kappa shape index (κ3) is 3.76. The number of hydrogen-bond donors (Lipinski definition) is 0. The van der Waals surface area contributed by atoms with Gasteiger partial charge in [0.05, 0.1) is 17.4 Å². The molecule has 6 heteroatoms. The number of carbonyl (C=O) groups excluding carboxylic acids is 1. The zero-order chi connectivity index (χ0) is 18.8. The highest BCUT2D eigenvalue weighted by molar-refractivity contribution is 9.10. The van der Waals surface area contributed by atoms with E-state index in [1.807, 2.05) is 29.2 Å². The molecule has 138 valence electrons. The lowest BCUT2D eigenvalue weighted by molar-refractivity contribution is 0.0747. The van der Waals surface area contributed by atoms with Gasteiger partial charge in [0.1, 0.15) is 0 Å². The Kier molecular flexibility index (Phi) is 4.99. The van der Waals surface area contributed by atoms with Crippen molar-refractivity contribution in [3.63, 3.8) is 0 Å². The maximum absolute atomic E-state index is 12.9. The van der Waals surface area contributed by atoms with Crippen molar-refractivity contribution in [2.45, 2.75) is 6.92 Å². The number of rotatable bonds is 3. The van der Waals surface area contributed by atoms with Gasteiger partial charge in [0.15, 0.2) is 0 Å². The Morgan fingerprint density at radius 2 is 1.70 bits per heavy atom.